The highest BCUT2D eigenvalue weighted by Gasteiger charge is 2.41. The van der Waals surface area contributed by atoms with Crippen LogP contribution in [-0.2, 0) is 22.6 Å². The highest BCUT2D eigenvalue weighted by molar-refractivity contribution is 5.91. The van der Waals surface area contributed by atoms with Gasteiger partial charge in [-0.25, -0.2) is 9.59 Å². The molecule has 3 atom stereocenters. The van der Waals surface area contributed by atoms with E-state index < -0.39 is 5.60 Å². The van der Waals surface area contributed by atoms with Crippen molar-refractivity contribution in [3.05, 3.63) is 11.9 Å². The van der Waals surface area contributed by atoms with Crippen LogP contribution in [-0.4, -0.2) is 50.7 Å². The van der Waals surface area contributed by atoms with Crippen molar-refractivity contribution >= 4 is 17.9 Å². The van der Waals surface area contributed by atoms with E-state index in [1.165, 1.54) is 0 Å². The molecule has 8 nitrogen and oxygen atoms in total. The lowest BCUT2D eigenvalue weighted by atomic mass is 10.1. The molecule has 0 unspecified atom stereocenters. The minimum atomic E-state index is -0.556. The van der Waals surface area contributed by atoms with Crippen LogP contribution in [0.1, 0.15) is 47.2 Å². The van der Waals surface area contributed by atoms with Gasteiger partial charge in [-0.2, -0.15) is 5.10 Å². The second-order valence-electron chi connectivity index (χ2n) is 7.82. The van der Waals surface area contributed by atoms with Gasteiger partial charge in [0.15, 0.2) is 0 Å². The van der Waals surface area contributed by atoms with Gasteiger partial charge in [-0.1, -0.05) is 0 Å². The number of amides is 2. The van der Waals surface area contributed by atoms with Crippen molar-refractivity contribution in [3.8, 4) is 0 Å². The first-order valence-corrected chi connectivity index (χ1v) is 8.62. The van der Waals surface area contributed by atoms with E-state index in [-0.39, 0.29) is 30.4 Å². The van der Waals surface area contributed by atoms with Gasteiger partial charge in [0.1, 0.15) is 11.7 Å². The summed E-state index contributed by atoms with van der Waals surface area (Å²) in [5.41, 5.74) is 0.962. The molecule has 2 aliphatic heterocycles. The van der Waals surface area contributed by atoms with Gasteiger partial charge in [-0.3, -0.25) is 14.5 Å². The molecule has 1 aromatic rings. The van der Waals surface area contributed by atoms with Crippen LogP contribution < -0.4 is 4.90 Å². The molecule has 1 fully saturated rings. The molecule has 0 radical (unpaired) electrons. The molecule has 0 spiro atoms. The molecule has 1 aromatic heterocycles. The average Bonchev–Trinajstić information content (AvgIpc) is 2.97. The Morgan fingerprint density at radius 2 is 2.00 bits per heavy atom. The fourth-order valence-corrected chi connectivity index (χ4v) is 3.16. The molecule has 0 aromatic carbocycles. The standard InChI is InChI=1S/C17H26N4O4/c1-10-8-20-14(9-19(10)15(22)25-17(4,5)6)13(7-18-20)21-11(2)12(3)24-16(21)23/h7,10-12H,8-9H2,1-6H3/t10-,11-,12-/m0/s1. The third-order valence-electron chi connectivity index (χ3n) is 4.67. The molecule has 8 heteroatoms. The molecule has 138 valence electrons. The number of nitrogens with zero attached hydrogens (tertiary/aromatic N) is 4. The summed E-state index contributed by atoms with van der Waals surface area (Å²) in [5.74, 6) is 0. The number of hydrogen-bond acceptors (Lipinski definition) is 5. The fourth-order valence-electron chi connectivity index (χ4n) is 3.16. The van der Waals surface area contributed by atoms with Crippen molar-refractivity contribution in [1.29, 1.82) is 0 Å². The Morgan fingerprint density at radius 1 is 1.32 bits per heavy atom. The van der Waals surface area contributed by atoms with E-state index in [1.807, 2.05) is 46.2 Å². The molecule has 1 saturated heterocycles. The van der Waals surface area contributed by atoms with E-state index in [1.54, 1.807) is 16.0 Å². The molecular formula is C17H26N4O4. The van der Waals surface area contributed by atoms with Gasteiger partial charge in [-0.05, 0) is 41.5 Å². The van der Waals surface area contributed by atoms with Crippen molar-refractivity contribution in [2.75, 3.05) is 4.90 Å². The van der Waals surface area contributed by atoms with Crippen LogP contribution in [0.3, 0.4) is 0 Å². The molecule has 0 bridgehead atoms. The van der Waals surface area contributed by atoms with Crippen LogP contribution in [0.15, 0.2) is 6.20 Å². The van der Waals surface area contributed by atoms with Crippen LogP contribution in [0, 0.1) is 0 Å². The van der Waals surface area contributed by atoms with E-state index in [0.717, 1.165) is 5.69 Å². The van der Waals surface area contributed by atoms with Gasteiger partial charge in [0, 0.05) is 0 Å². The Labute approximate surface area is 147 Å². The lowest BCUT2D eigenvalue weighted by Gasteiger charge is -2.36. The largest absolute Gasteiger partial charge is 0.444 e. The first-order valence-electron chi connectivity index (χ1n) is 8.62. The number of carbonyl (C=O) groups excluding carboxylic acids is 2. The topological polar surface area (TPSA) is 76.9 Å². The predicted octanol–water partition coefficient (Wildman–Crippen LogP) is 2.76. The van der Waals surface area contributed by atoms with Crippen LogP contribution >= 0.6 is 0 Å². The summed E-state index contributed by atoms with van der Waals surface area (Å²) < 4.78 is 12.7. The van der Waals surface area contributed by atoms with Crippen LogP contribution in [0.4, 0.5) is 15.3 Å². The molecule has 0 aliphatic carbocycles. The van der Waals surface area contributed by atoms with Gasteiger partial charge >= 0.3 is 12.2 Å². The molecule has 0 saturated carbocycles. The normalized spacial score (nSPS) is 26.5. The molecular weight excluding hydrogens is 324 g/mol. The molecule has 25 heavy (non-hydrogen) atoms. The molecule has 3 rings (SSSR count). The summed E-state index contributed by atoms with van der Waals surface area (Å²) in [4.78, 5) is 28.0. The number of aromatic nitrogens is 2. The van der Waals surface area contributed by atoms with Crippen LogP contribution in [0.25, 0.3) is 0 Å². The summed E-state index contributed by atoms with van der Waals surface area (Å²) >= 11 is 0. The summed E-state index contributed by atoms with van der Waals surface area (Å²) in [6.45, 7) is 12.2. The van der Waals surface area contributed by atoms with E-state index in [0.29, 0.717) is 18.8 Å². The van der Waals surface area contributed by atoms with Gasteiger partial charge < -0.3 is 9.47 Å². The summed E-state index contributed by atoms with van der Waals surface area (Å²) in [7, 11) is 0. The second kappa shape index (κ2) is 5.93. The van der Waals surface area contributed by atoms with Crippen molar-refractivity contribution in [2.24, 2.45) is 0 Å². The fraction of sp³-hybridized carbons (Fsp3) is 0.706. The summed E-state index contributed by atoms with van der Waals surface area (Å²) in [6, 6.07) is -0.132. The quantitative estimate of drug-likeness (QED) is 0.778. The van der Waals surface area contributed by atoms with E-state index in [2.05, 4.69) is 5.10 Å². The third-order valence-corrected chi connectivity index (χ3v) is 4.67. The lowest BCUT2D eigenvalue weighted by Crippen LogP contribution is -2.47. The van der Waals surface area contributed by atoms with Crippen molar-refractivity contribution in [2.45, 2.75) is 78.4 Å². The van der Waals surface area contributed by atoms with E-state index in [4.69, 9.17) is 9.47 Å². The van der Waals surface area contributed by atoms with Gasteiger partial charge in [0.05, 0.1) is 42.8 Å². The third kappa shape index (κ3) is 3.17. The SMILES string of the molecule is C[C@@H]1OC(=O)N(c2cnn3c2CN(C(=O)OC(C)(C)C)[C@@H](C)C3)[C@H]1C. The summed E-state index contributed by atoms with van der Waals surface area (Å²) in [5, 5.41) is 4.40. The van der Waals surface area contributed by atoms with E-state index >= 15 is 0 Å². The van der Waals surface area contributed by atoms with Gasteiger partial charge in [0.25, 0.3) is 0 Å². The Morgan fingerprint density at radius 3 is 2.56 bits per heavy atom. The number of hydrogen-bond donors (Lipinski definition) is 0. The number of rotatable bonds is 1. The van der Waals surface area contributed by atoms with Crippen molar-refractivity contribution in [3.63, 3.8) is 0 Å². The monoisotopic (exact) mass is 350 g/mol. The number of fused-ring (bicyclic) bond motifs is 1. The lowest BCUT2D eigenvalue weighted by molar-refractivity contribution is 0.00913. The Bertz CT molecular complexity index is 693. The highest BCUT2D eigenvalue weighted by Crippen LogP contribution is 2.33. The molecule has 3 heterocycles. The Kier molecular flexibility index (Phi) is 4.17. The zero-order valence-corrected chi connectivity index (χ0v) is 15.6. The van der Waals surface area contributed by atoms with Crippen molar-refractivity contribution in [1.82, 2.24) is 14.7 Å². The minimum absolute atomic E-state index is 0.0445. The van der Waals surface area contributed by atoms with Crippen LogP contribution in [0.5, 0.6) is 0 Å². The zero-order valence-electron chi connectivity index (χ0n) is 15.6. The molecule has 0 N–H and O–H groups in total. The predicted molar refractivity (Wildman–Crippen MR) is 91.4 cm³/mol. The number of cyclic esters (lactones) is 1. The number of ether oxygens (including phenoxy) is 2. The average molecular weight is 350 g/mol. The highest BCUT2D eigenvalue weighted by atomic mass is 16.6. The maximum atomic E-state index is 12.5. The van der Waals surface area contributed by atoms with Gasteiger partial charge in [-0.15, -0.1) is 0 Å². The van der Waals surface area contributed by atoms with E-state index in [9.17, 15) is 9.59 Å². The second-order valence-corrected chi connectivity index (χ2v) is 7.82. The Hall–Kier alpha value is -2.25. The van der Waals surface area contributed by atoms with Crippen LogP contribution in [0.2, 0.25) is 0 Å². The maximum Gasteiger partial charge on any atom is 0.415 e. The smallest absolute Gasteiger partial charge is 0.415 e. The van der Waals surface area contributed by atoms with Gasteiger partial charge in [0.2, 0.25) is 0 Å². The summed E-state index contributed by atoms with van der Waals surface area (Å²) in [6.07, 6.45) is 0.755. The maximum absolute atomic E-state index is 12.5. The number of anilines is 1. The minimum Gasteiger partial charge on any atom is -0.444 e. The first kappa shape index (κ1) is 17.6. The zero-order chi connectivity index (χ0) is 18.5. The number of carbonyl (C=O) groups is 2. The molecule has 2 aliphatic rings. The Balaban J connectivity index is 1.88. The van der Waals surface area contributed by atoms with Crippen molar-refractivity contribution < 1.29 is 19.1 Å². The molecule has 2 amide bonds. The first-order chi connectivity index (χ1) is 11.6.